The lowest BCUT2D eigenvalue weighted by Gasteiger charge is -1.99. The highest BCUT2D eigenvalue weighted by Gasteiger charge is 2.15. The number of halogens is 2. The normalized spacial score (nSPS) is 12.5. The topological polar surface area (TPSA) is 63.3 Å². The van der Waals surface area contributed by atoms with Gasteiger partial charge in [-0.1, -0.05) is 23.2 Å². The summed E-state index contributed by atoms with van der Waals surface area (Å²) in [5, 5.41) is 10.8. The number of carbonyl (C=O) groups is 1. The highest BCUT2D eigenvalue weighted by Crippen LogP contribution is 2.35. The van der Waals surface area contributed by atoms with Crippen molar-refractivity contribution in [2.75, 3.05) is 0 Å². The number of aryl methyl sites for hydroxylation is 1. The molecule has 76 valence electrons. The average Bonchev–Trinajstić information content (AvgIpc) is 2.45. The first-order chi connectivity index (χ1) is 6.45. The number of hydrogen-bond donors (Lipinski definition) is 2. The molecule has 0 aromatic carbocycles. The molecule has 0 atom stereocenters. The molecule has 0 aliphatic rings. The van der Waals surface area contributed by atoms with Gasteiger partial charge in [-0.15, -0.1) is 11.3 Å². The Kier molecular flexibility index (Phi) is 3.42. The number of rotatable bonds is 2. The maximum Gasteiger partial charge on any atom is 0.353 e. The van der Waals surface area contributed by atoms with Crippen molar-refractivity contribution in [1.82, 2.24) is 0 Å². The Morgan fingerprint density at radius 2 is 2.21 bits per heavy atom. The molecule has 0 radical (unpaired) electrons. The van der Waals surface area contributed by atoms with Crippen LogP contribution in [0.5, 0.6) is 0 Å². The third kappa shape index (κ3) is 2.03. The largest absolute Gasteiger partial charge is 0.477 e. The van der Waals surface area contributed by atoms with Crippen molar-refractivity contribution in [3.63, 3.8) is 0 Å². The van der Waals surface area contributed by atoms with Gasteiger partial charge in [0.2, 0.25) is 0 Å². The molecule has 1 rings (SSSR count). The number of nitrogens with two attached hydrogens (primary N) is 1. The van der Waals surface area contributed by atoms with E-state index in [1.165, 1.54) is 11.3 Å². The van der Waals surface area contributed by atoms with Crippen molar-refractivity contribution in [2.24, 2.45) is 5.73 Å². The van der Waals surface area contributed by atoms with Crippen LogP contribution in [0.1, 0.15) is 10.4 Å². The molecule has 6 heteroatoms. The lowest BCUT2D eigenvalue weighted by molar-refractivity contribution is -0.132. The summed E-state index contributed by atoms with van der Waals surface area (Å²) in [7, 11) is 0. The molecule has 0 saturated carbocycles. The van der Waals surface area contributed by atoms with Crippen molar-refractivity contribution in [1.29, 1.82) is 0 Å². The minimum Gasteiger partial charge on any atom is -0.477 e. The van der Waals surface area contributed by atoms with Crippen molar-refractivity contribution >= 4 is 45.5 Å². The van der Waals surface area contributed by atoms with Gasteiger partial charge in [-0.3, -0.25) is 0 Å². The molecule has 0 fully saturated rings. The van der Waals surface area contributed by atoms with Gasteiger partial charge in [0, 0.05) is 0 Å². The third-order valence-electron chi connectivity index (χ3n) is 1.57. The van der Waals surface area contributed by atoms with Crippen LogP contribution < -0.4 is 5.73 Å². The fourth-order valence-corrected chi connectivity index (χ4v) is 2.39. The van der Waals surface area contributed by atoms with Crippen LogP contribution >= 0.6 is 34.5 Å². The Labute approximate surface area is 94.7 Å². The van der Waals surface area contributed by atoms with E-state index in [2.05, 4.69) is 0 Å². The predicted octanol–water partition coefficient (Wildman–Crippen LogP) is 2.66. The fourth-order valence-electron chi connectivity index (χ4n) is 0.794. The summed E-state index contributed by atoms with van der Waals surface area (Å²) in [6.45, 7) is 1.81. The van der Waals surface area contributed by atoms with Crippen LogP contribution in [0.4, 0.5) is 0 Å². The molecule has 0 aliphatic carbocycles. The van der Waals surface area contributed by atoms with Gasteiger partial charge < -0.3 is 10.8 Å². The van der Waals surface area contributed by atoms with E-state index in [-0.39, 0.29) is 5.03 Å². The van der Waals surface area contributed by atoms with E-state index < -0.39 is 11.7 Å². The first kappa shape index (κ1) is 11.4. The van der Waals surface area contributed by atoms with Crippen LogP contribution in [-0.2, 0) is 4.79 Å². The van der Waals surface area contributed by atoms with Crippen LogP contribution in [0.25, 0.3) is 5.03 Å². The predicted molar refractivity (Wildman–Crippen MR) is 58.7 cm³/mol. The van der Waals surface area contributed by atoms with Crippen molar-refractivity contribution in [2.45, 2.75) is 6.92 Å². The Hall–Kier alpha value is -0.710. The van der Waals surface area contributed by atoms with Crippen LogP contribution in [-0.4, -0.2) is 11.1 Å². The zero-order valence-electron chi connectivity index (χ0n) is 7.17. The lowest BCUT2D eigenvalue weighted by atomic mass is 10.3. The van der Waals surface area contributed by atoms with Gasteiger partial charge >= 0.3 is 5.97 Å². The zero-order chi connectivity index (χ0) is 10.9. The SMILES string of the molecule is Cc1csc(/C(Cl)=C(\N)C(=O)O)c1Cl. The molecule has 3 N–H and O–H groups in total. The van der Waals surface area contributed by atoms with E-state index in [9.17, 15) is 4.79 Å². The number of hydrogen-bond acceptors (Lipinski definition) is 3. The van der Waals surface area contributed by atoms with Gasteiger partial charge in [-0.05, 0) is 17.9 Å². The Morgan fingerprint density at radius 1 is 1.64 bits per heavy atom. The molecule has 14 heavy (non-hydrogen) atoms. The molecular weight excluding hydrogens is 245 g/mol. The number of carboxylic acids is 1. The maximum atomic E-state index is 10.5. The Balaban J connectivity index is 3.25. The first-order valence-electron chi connectivity index (χ1n) is 3.57. The van der Waals surface area contributed by atoms with Gasteiger partial charge in [0.05, 0.1) is 14.9 Å². The summed E-state index contributed by atoms with van der Waals surface area (Å²) < 4.78 is 0. The Morgan fingerprint density at radius 3 is 2.57 bits per heavy atom. The fraction of sp³-hybridized carbons (Fsp3) is 0.125. The molecule has 0 aliphatic heterocycles. The monoisotopic (exact) mass is 251 g/mol. The van der Waals surface area contributed by atoms with Gasteiger partial charge in [-0.25, -0.2) is 4.79 Å². The van der Waals surface area contributed by atoms with Gasteiger partial charge in [0.15, 0.2) is 0 Å². The molecule has 1 aromatic heterocycles. The molecule has 0 unspecified atom stereocenters. The van der Waals surface area contributed by atoms with Crippen LogP contribution in [0.3, 0.4) is 0 Å². The molecule has 0 saturated heterocycles. The van der Waals surface area contributed by atoms with Crippen LogP contribution in [0, 0.1) is 6.92 Å². The van der Waals surface area contributed by atoms with E-state index in [1.807, 2.05) is 6.92 Å². The highest BCUT2D eigenvalue weighted by atomic mass is 35.5. The summed E-state index contributed by atoms with van der Waals surface area (Å²) in [4.78, 5) is 11.0. The second-order valence-electron chi connectivity index (χ2n) is 2.59. The van der Waals surface area contributed by atoms with Crippen molar-refractivity contribution < 1.29 is 9.90 Å². The molecule has 3 nitrogen and oxygen atoms in total. The maximum absolute atomic E-state index is 10.5. The van der Waals surface area contributed by atoms with Gasteiger partial charge in [0.25, 0.3) is 0 Å². The van der Waals surface area contributed by atoms with Crippen molar-refractivity contribution in [3.05, 3.63) is 26.5 Å². The first-order valence-corrected chi connectivity index (χ1v) is 5.21. The number of thiophene rings is 1. The minimum absolute atomic E-state index is 0.0133. The molecular formula is C8H7Cl2NO2S. The van der Waals surface area contributed by atoms with E-state index in [4.69, 9.17) is 34.0 Å². The second kappa shape index (κ2) is 4.21. The average molecular weight is 252 g/mol. The Bertz CT molecular complexity index is 411. The smallest absolute Gasteiger partial charge is 0.353 e. The van der Waals surface area contributed by atoms with Gasteiger partial charge in [-0.2, -0.15) is 0 Å². The summed E-state index contributed by atoms with van der Waals surface area (Å²) in [6, 6.07) is 0. The second-order valence-corrected chi connectivity index (χ2v) is 4.23. The molecule has 0 spiro atoms. The third-order valence-corrected chi connectivity index (χ3v) is 3.78. The van der Waals surface area contributed by atoms with Crippen LogP contribution in [0.15, 0.2) is 11.1 Å². The van der Waals surface area contributed by atoms with E-state index in [0.29, 0.717) is 9.90 Å². The van der Waals surface area contributed by atoms with E-state index in [0.717, 1.165) is 5.56 Å². The minimum atomic E-state index is -1.25. The van der Waals surface area contributed by atoms with E-state index in [1.54, 1.807) is 5.38 Å². The van der Waals surface area contributed by atoms with Crippen LogP contribution in [0.2, 0.25) is 5.02 Å². The molecule has 0 bridgehead atoms. The summed E-state index contributed by atoms with van der Waals surface area (Å²) in [5.41, 5.74) is 5.72. The standard InChI is InChI=1S/C8H7Cl2NO2S/c1-3-2-14-7(4(3)9)5(10)6(11)8(12)13/h2H,11H2,1H3,(H,12,13)/b6-5+. The van der Waals surface area contributed by atoms with E-state index >= 15 is 0 Å². The summed E-state index contributed by atoms with van der Waals surface area (Å²) >= 11 is 12.9. The van der Waals surface area contributed by atoms with Crippen molar-refractivity contribution in [3.8, 4) is 0 Å². The quantitative estimate of drug-likeness (QED) is 0.795. The summed E-state index contributed by atoms with van der Waals surface area (Å²) in [6.07, 6.45) is 0. The molecule has 1 aromatic rings. The molecule has 1 heterocycles. The lowest BCUT2D eigenvalue weighted by Crippen LogP contribution is -2.11. The highest BCUT2D eigenvalue weighted by molar-refractivity contribution is 7.13. The number of carboxylic acid groups (broad SMARTS) is 1. The summed E-state index contributed by atoms with van der Waals surface area (Å²) in [5.74, 6) is -1.25. The zero-order valence-corrected chi connectivity index (χ0v) is 9.50. The molecule has 0 amide bonds. The number of aliphatic carboxylic acids is 1. The van der Waals surface area contributed by atoms with Gasteiger partial charge in [0.1, 0.15) is 5.70 Å².